The lowest BCUT2D eigenvalue weighted by Gasteiger charge is -2.00. The van der Waals surface area contributed by atoms with Crippen molar-refractivity contribution >= 4 is 0 Å². The summed E-state index contributed by atoms with van der Waals surface area (Å²) in [5, 5.41) is 12.2. The van der Waals surface area contributed by atoms with E-state index in [4.69, 9.17) is 5.11 Å². The van der Waals surface area contributed by atoms with Crippen molar-refractivity contribution in [2.45, 2.75) is 19.3 Å². The lowest BCUT2D eigenvalue weighted by molar-refractivity contribution is 0.268. The first kappa shape index (κ1) is 7.56. The molecule has 0 amide bonds. The highest BCUT2D eigenvalue weighted by atomic mass is 16.3. The molecule has 64 valence electrons. The van der Waals surface area contributed by atoms with Gasteiger partial charge in [0.1, 0.15) is 0 Å². The van der Waals surface area contributed by atoms with E-state index in [9.17, 15) is 0 Å². The Kier molecular flexibility index (Phi) is 2.14. The molecule has 2 atom stereocenters. The Bertz CT molecular complexity index is 134. The van der Waals surface area contributed by atoms with Gasteiger partial charge in [0.05, 0.1) is 0 Å². The van der Waals surface area contributed by atoms with E-state index in [1.165, 1.54) is 25.8 Å². The molecule has 0 aromatic rings. The Labute approximate surface area is 68.0 Å². The van der Waals surface area contributed by atoms with Gasteiger partial charge in [-0.1, -0.05) is 0 Å². The highest BCUT2D eigenvalue weighted by Crippen LogP contribution is 2.37. The molecule has 0 saturated heterocycles. The zero-order valence-electron chi connectivity index (χ0n) is 6.92. The van der Waals surface area contributed by atoms with Gasteiger partial charge in [0.2, 0.25) is 0 Å². The molecule has 2 aliphatic rings. The molecule has 0 heterocycles. The minimum absolute atomic E-state index is 0.399. The first-order valence-electron chi connectivity index (χ1n) is 4.71. The molecule has 0 aliphatic heterocycles. The van der Waals surface area contributed by atoms with Gasteiger partial charge in [0.15, 0.2) is 0 Å². The maximum atomic E-state index is 8.77. The Morgan fingerprint density at radius 1 is 1.18 bits per heavy atom. The SMILES string of the molecule is OCC1CC1CNCC1CC1. The Hall–Kier alpha value is -0.0800. The fourth-order valence-corrected chi connectivity index (χ4v) is 1.58. The van der Waals surface area contributed by atoms with Crippen molar-refractivity contribution in [3.63, 3.8) is 0 Å². The van der Waals surface area contributed by atoms with E-state index in [0.29, 0.717) is 12.5 Å². The summed E-state index contributed by atoms with van der Waals surface area (Å²) in [6.45, 7) is 2.76. The quantitative estimate of drug-likeness (QED) is 0.610. The van der Waals surface area contributed by atoms with Gasteiger partial charge >= 0.3 is 0 Å². The van der Waals surface area contributed by atoms with Crippen LogP contribution in [0.25, 0.3) is 0 Å². The van der Waals surface area contributed by atoms with Crippen molar-refractivity contribution in [2.75, 3.05) is 19.7 Å². The van der Waals surface area contributed by atoms with Crippen LogP contribution in [-0.2, 0) is 0 Å². The average Bonchev–Trinajstić information content (AvgIpc) is 2.79. The van der Waals surface area contributed by atoms with E-state index in [1.807, 2.05) is 0 Å². The zero-order chi connectivity index (χ0) is 7.68. The summed E-state index contributed by atoms with van der Waals surface area (Å²) in [6, 6.07) is 0. The second kappa shape index (κ2) is 3.11. The highest BCUT2D eigenvalue weighted by Gasteiger charge is 2.35. The van der Waals surface area contributed by atoms with Crippen LogP contribution in [0.5, 0.6) is 0 Å². The smallest absolute Gasteiger partial charge is 0.0462 e. The van der Waals surface area contributed by atoms with Crippen molar-refractivity contribution < 1.29 is 5.11 Å². The number of aliphatic hydroxyl groups is 1. The Balaban J connectivity index is 1.47. The topological polar surface area (TPSA) is 32.3 Å². The van der Waals surface area contributed by atoms with Crippen molar-refractivity contribution in [3.05, 3.63) is 0 Å². The maximum absolute atomic E-state index is 8.77. The van der Waals surface area contributed by atoms with Crippen LogP contribution in [0.15, 0.2) is 0 Å². The van der Waals surface area contributed by atoms with Crippen LogP contribution in [0.3, 0.4) is 0 Å². The summed E-state index contributed by atoms with van der Waals surface area (Å²) in [5.74, 6) is 2.40. The number of aliphatic hydroxyl groups excluding tert-OH is 1. The number of hydrogen-bond acceptors (Lipinski definition) is 2. The molecule has 2 rings (SSSR count). The highest BCUT2D eigenvalue weighted by molar-refractivity contribution is 4.87. The monoisotopic (exact) mass is 155 g/mol. The molecule has 2 unspecified atom stereocenters. The van der Waals surface area contributed by atoms with E-state index < -0.39 is 0 Å². The summed E-state index contributed by atoms with van der Waals surface area (Å²) < 4.78 is 0. The number of nitrogens with one attached hydrogen (secondary N) is 1. The molecule has 2 fully saturated rings. The minimum Gasteiger partial charge on any atom is -0.396 e. The van der Waals surface area contributed by atoms with Gasteiger partial charge in [0.25, 0.3) is 0 Å². The maximum Gasteiger partial charge on any atom is 0.0462 e. The Morgan fingerprint density at radius 2 is 2.00 bits per heavy atom. The van der Waals surface area contributed by atoms with Gasteiger partial charge in [-0.25, -0.2) is 0 Å². The molecule has 2 saturated carbocycles. The van der Waals surface area contributed by atoms with E-state index in [1.54, 1.807) is 0 Å². The van der Waals surface area contributed by atoms with Crippen LogP contribution in [0.2, 0.25) is 0 Å². The molecular weight excluding hydrogens is 138 g/mol. The average molecular weight is 155 g/mol. The first-order valence-corrected chi connectivity index (χ1v) is 4.71. The van der Waals surface area contributed by atoms with Crippen LogP contribution < -0.4 is 5.32 Å². The van der Waals surface area contributed by atoms with E-state index in [-0.39, 0.29) is 0 Å². The van der Waals surface area contributed by atoms with Gasteiger partial charge in [-0.05, 0) is 50.1 Å². The lowest BCUT2D eigenvalue weighted by atomic mass is 10.3. The number of rotatable bonds is 5. The van der Waals surface area contributed by atoms with Crippen LogP contribution in [-0.4, -0.2) is 24.8 Å². The zero-order valence-corrected chi connectivity index (χ0v) is 6.92. The molecule has 11 heavy (non-hydrogen) atoms. The van der Waals surface area contributed by atoms with Crippen LogP contribution >= 0.6 is 0 Å². The molecule has 2 N–H and O–H groups in total. The molecule has 2 heteroatoms. The summed E-state index contributed by atoms with van der Waals surface area (Å²) in [6.07, 6.45) is 4.11. The molecule has 0 aromatic heterocycles. The van der Waals surface area contributed by atoms with Gasteiger partial charge in [-0.15, -0.1) is 0 Å². The van der Waals surface area contributed by atoms with Gasteiger partial charge in [-0.2, -0.15) is 0 Å². The molecule has 0 spiro atoms. The Morgan fingerprint density at radius 3 is 2.55 bits per heavy atom. The predicted octanol–water partition coefficient (Wildman–Crippen LogP) is 0.614. The van der Waals surface area contributed by atoms with Crippen molar-refractivity contribution in [1.29, 1.82) is 0 Å². The normalized spacial score (nSPS) is 35.7. The largest absolute Gasteiger partial charge is 0.396 e. The molecule has 0 bridgehead atoms. The van der Waals surface area contributed by atoms with Gasteiger partial charge in [-0.3, -0.25) is 0 Å². The third-order valence-corrected chi connectivity index (χ3v) is 2.84. The van der Waals surface area contributed by atoms with Gasteiger partial charge < -0.3 is 10.4 Å². The second-order valence-corrected chi connectivity index (χ2v) is 4.04. The van der Waals surface area contributed by atoms with Gasteiger partial charge in [0, 0.05) is 6.61 Å². The lowest BCUT2D eigenvalue weighted by Crippen LogP contribution is -2.20. The van der Waals surface area contributed by atoms with Crippen LogP contribution in [0.1, 0.15) is 19.3 Å². The van der Waals surface area contributed by atoms with Crippen molar-refractivity contribution in [1.82, 2.24) is 5.32 Å². The third-order valence-electron chi connectivity index (χ3n) is 2.84. The standard InChI is InChI=1S/C9H17NO/c11-6-9-3-8(9)5-10-4-7-1-2-7/h7-11H,1-6H2. The summed E-state index contributed by atoms with van der Waals surface area (Å²) in [4.78, 5) is 0. The first-order chi connectivity index (χ1) is 5.40. The summed E-state index contributed by atoms with van der Waals surface area (Å²) >= 11 is 0. The molecule has 2 nitrogen and oxygen atoms in total. The fourth-order valence-electron chi connectivity index (χ4n) is 1.58. The molecule has 2 aliphatic carbocycles. The minimum atomic E-state index is 0.399. The van der Waals surface area contributed by atoms with Crippen LogP contribution in [0.4, 0.5) is 0 Å². The van der Waals surface area contributed by atoms with Crippen molar-refractivity contribution in [2.24, 2.45) is 17.8 Å². The third kappa shape index (κ3) is 2.17. The summed E-state index contributed by atoms with van der Waals surface area (Å²) in [7, 11) is 0. The van der Waals surface area contributed by atoms with Crippen LogP contribution in [0, 0.1) is 17.8 Å². The van der Waals surface area contributed by atoms with Crippen molar-refractivity contribution in [3.8, 4) is 0 Å². The fraction of sp³-hybridized carbons (Fsp3) is 1.00. The number of hydrogen-bond donors (Lipinski definition) is 2. The molecular formula is C9H17NO. The summed E-state index contributed by atoms with van der Waals surface area (Å²) in [5.41, 5.74) is 0. The van der Waals surface area contributed by atoms with E-state index >= 15 is 0 Å². The molecule has 0 aromatic carbocycles. The van der Waals surface area contributed by atoms with E-state index in [2.05, 4.69) is 5.32 Å². The van der Waals surface area contributed by atoms with E-state index in [0.717, 1.165) is 18.4 Å². The molecule has 0 radical (unpaired) electrons. The predicted molar refractivity (Wildman–Crippen MR) is 44.3 cm³/mol. The second-order valence-electron chi connectivity index (χ2n) is 4.04.